The van der Waals surface area contributed by atoms with Crippen LogP contribution in [0.4, 0.5) is 10.1 Å². The zero-order valence-corrected chi connectivity index (χ0v) is 12.3. The second-order valence-electron chi connectivity index (χ2n) is 5.08. The second-order valence-corrected chi connectivity index (χ2v) is 5.08. The molecule has 0 aliphatic rings. The molecule has 0 aromatic heterocycles. The van der Waals surface area contributed by atoms with Crippen LogP contribution < -0.4 is 10.4 Å². The number of halogens is 1. The molecule has 0 saturated carbocycles. The first-order chi connectivity index (χ1) is 10.0. The highest BCUT2D eigenvalue weighted by atomic mass is 19.1. The standard InChI is InChI=1S/C16H19BFNO2/c1-3-19(15-6-4-5-12(2)9-15)11-13-7-8-14(17(20)21)10-16(13)18/h4-10,20-21H,3,11H2,1-2H3. The van der Waals surface area contributed by atoms with E-state index in [2.05, 4.69) is 11.0 Å². The van der Waals surface area contributed by atoms with E-state index in [1.807, 2.05) is 32.0 Å². The summed E-state index contributed by atoms with van der Waals surface area (Å²) in [5.41, 5.74) is 2.89. The van der Waals surface area contributed by atoms with E-state index in [1.165, 1.54) is 12.1 Å². The highest BCUT2D eigenvalue weighted by Crippen LogP contribution is 2.19. The summed E-state index contributed by atoms with van der Waals surface area (Å²) < 4.78 is 14.1. The Balaban J connectivity index is 2.23. The molecule has 110 valence electrons. The topological polar surface area (TPSA) is 43.7 Å². The van der Waals surface area contributed by atoms with Crippen molar-refractivity contribution < 1.29 is 14.4 Å². The molecule has 2 rings (SSSR count). The van der Waals surface area contributed by atoms with Crippen LogP contribution in [0.25, 0.3) is 0 Å². The zero-order chi connectivity index (χ0) is 15.4. The fraction of sp³-hybridized carbons (Fsp3) is 0.250. The van der Waals surface area contributed by atoms with Crippen LogP contribution in [0.2, 0.25) is 0 Å². The normalized spacial score (nSPS) is 10.5. The van der Waals surface area contributed by atoms with Crippen LogP contribution in [0.5, 0.6) is 0 Å². The van der Waals surface area contributed by atoms with Crippen molar-refractivity contribution in [3.8, 4) is 0 Å². The number of hydrogen-bond acceptors (Lipinski definition) is 3. The van der Waals surface area contributed by atoms with Gasteiger partial charge in [-0.05, 0) is 43.1 Å². The van der Waals surface area contributed by atoms with E-state index < -0.39 is 12.9 Å². The Kier molecular flexibility index (Phi) is 4.99. The number of nitrogens with zero attached hydrogens (tertiary/aromatic N) is 1. The first-order valence-electron chi connectivity index (χ1n) is 6.97. The lowest BCUT2D eigenvalue weighted by Gasteiger charge is -2.24. The third-order valence-electron chi connectivity index (χ3n) is 3.48. The third kappa shape index (κ3) is 3.83. The molecule has 0 radical (unpaired) electrons. The molecule has 0 atom stereocenters. The van der Waals surface area contributed by atoms with Crippen LogP contribution >= 0.6 is 0 Å². The highest BCUT2D eigenvalue weighted by molar-refractivity contribution is 6.58. The van der Waals surface area contributed by atoms with Gasteiger partial charge in [0.2, 0.25) is 0 Å². The van der Waals surface area contributed by atoms with E-state index in [-0.39, 0.29) is 5.46 Å². The molecule has 0 saturated heterocycles. The van der Waals surface area contributed by atoms with Gasteiger partial charge in [0.05, 0.1) is 0 Å². The van der Waals surface area contributed by atoms with Crippen molar-refractivity contribution in [1.29, 1.82) is 0 Å². The SMILES string of the molecule is CCN(Cc1ccc(B(O)O)cc1F)c1cccc(C)c1. The molecule has 0 bridgehead atoms. The van der Waals surface area contributed by atoms with Gasteiger partial charge < -0.3 is 14.9 Å². The summed E-state index contributed by atoms with van der Waals surface area (Å²) >= 11 is 0. The molecule has 0 spiro atoms. The van der Waals surface area contributed by atoms with Crippen LogP contribution in [0.15, 0.2) is 42.5 Å². The van der Waals surface area contributed by atoms with Crippen LogP contribution in [0, 0.1) is 12.7 Å². The Hall–Kier alpha value is -1.85. The fourth-order valence-electron chi connectivity index (χ4n) is 2.27. The van der Waals surface area contributed by atoms with Gasteiger partial charge in [-0.15, -0.1) is 0 Å². The van der Waals surface area contributed by atoms with Gasteiger partial charge in [-0.1, -0.05) is 24.3 Å². The second kappa shape index (κ2) is 6.74. The van der Waals surface area contributed by atoms with E-state index in [4.69, 9.17) is 10.0 Å². The van der Waals surface area contributed by atoms with Crippen LogP contribution in [-0.2, 0) is 6.54 Å². The first-order valence-corrected chi connectivity index (χ1v) is 6.97. The van der Waals surface area contributed by atoms with Gasteiger partial charge in [0, 0.05) is 24.3 Å². The lowest BCUT2D eigenvalue weighted by Crippen LogP contribution is -2.31. The van der Waals surface area contributed by atoms with Crippen LogP contribution in [0.3, 0.4) is 0 Å². The fourth-order valence-corrected chi connectivity index (χ4v) is 2.27. The van der Waals surface area contributed by atoms with Crippen molar-refractivity contribution in [2.24, 2.45) is 0 Å². The predicted molar refractivity (Wildman–Crippen MR) is 84.1 cm³/mol. The molecule has 5 heteroatoms. The van der Waals surface area contributed by atoms with Crippen LogP contribution in [-0.4, -0.2) is 23.7 Å². The minimum absolute atomic E-state index is 0.162. The van der Waals surface area contributed by atoms with Crippen molar-refractivity contribution in [1.82, 2.24) is 0 Å². The lowest BCUT2D eigenvalue weighted by molar-refractivity contribution is 0.425. The number of rotatable bonds is 5. The van der Waals surface area contributed by atoms with Gasteiger partial charge in [0.15, 0.2) is 0 Å². The zero-order valence-electron chi connectivity index (χ0n) is 12.3. The smallest absolute Gasteiger partial charge is 0.423 e. The molecule has 21 heavy (non-hydrogen) atoms. The summed E-state index contributed by atoms with van der Waals surface area (Å²) in [7, 11) is -1.65. The predicted octanol–water partition coefficient (Wildman–Crippen LogP) is 1.84. The summed E-state index contributed by atoms with van der Waals surface area (Å²) in [6, 6.07) is 12.4. The van der Waals surface area contributed by atoms with Crippen molar-refractivity contribution in [3.63, 3.8) is 0 Å². The molecule has 0 amide bonds. The minimum atomic E-state index is -1.65. The Morgan fingerprint density at radius 2 is 1.90 bits per heavy atom. The highest BCUT2D eigenvalue weighted by Gasteiger charge is 2.15. The number of benzene rings is 2. The molecule has 2 aromatic carbocycles. The number of aryl methyl sites for hydroxylation is 1. The van der Waals surface area contributed by atoms with E-state index in [1.54, 1.807) is 6.07 Å². The third-order valence-corrected chi connectivity index (χ3v) is 3.48. The quantitative estimate of drug-likeness (QED) is 0.825. The Labute approximate surface area is 124 Å². The van der Waals surface area contributed by atoms with E-state index in [9.17, 15) is 4.39 Å². The van der Waals surface area contributed by atoms with Crippen molar-refractivity contribution in [3.05, 3.63) is 59.4 Å². The number of anilines is 1. The van der Waals surface area contributed by atoms with Gasteiger partial charge in [-0.2, -0.15) is 0 Å². The van der Waals surface area contributed by atoms with Gasteiger partial charge >= 0.3 is 7.12 Å². The first kappa shape index (κ1) is 15.5. The van der Waals surface area contributed by atoms with Gasteiger partial charge in [-0.3, -0.25) is 0 Å². The van der Waals surface area contributed by atoms with E-state index in [0.29, 0.717) is 12.1 Å². The summed E-state index contributed by atoms with van der Waals surface area (Å²) in [5, 5.41) is 18.1. The molecule has 0 aliphatic carbocycles. The Morgan fingerprint density at radius 3 is 2.48 bits per heavy atom. The Bertz CT molecular complexity index is 619. The summed E-state index contributed by atoms with van der Waals surface area (Å²) in [5.74, 6) is -0.424. The summed E-state index contributed by atoms with van der Waals surface area (Å²) in [4.78, 5) is 2.07. The summed E-state index contributed by atoms with van der Waals surface area (Å²) in [6.07, 6.45) is 0. The molecule has 2 N–H and O–H groups in total. The van der Waals surface area contributed by atoms with Crippen molar-refractivity contribution in [2.45, 2.75) is 20.4 Å². The molecule has 0 heterocycles. The molecule has 0 aliphatic heterocycles. The van der Waals surface area contributed by atoms with E-state index >= 15 is 0 Å². The van der Waals surface area contributed by atoms with Crippen molar-refractivity contribution in [2.75, 3.05) is 11.4 Å². The number of hydrogen-bond donors (Lipinski definition) is 2. The maximum absolute atomic E-state index is 14.1. The molecule has 0 fully saturated rings. The monoisotopic (exact) mass is 287 g/mol. The van der Waals surface area contributed by atoms with Crippen LogP contribution in [0.1, 0.15) is 18.1 Å². The molecule has 0 unspecified atom stereocenters. The molecule has 3 nitrogen and oxygen atoms in total. The van der Waals surface area contributed by atoms with Crippen molar-refractivity contribution >= 4 is 18.3 Å². The Morgan fingerprint density at radius 1 is 1.14 bits per heavy atom. The average Bonchev–Trinajstić information content (AvgIpc) is 2.45. The minimum Gasteiger partial charge on any atom is -0.423 e. The van der Waals surface area contributed by atoms with Gasteiger partial charge in [0.1, 0.15) is 5.82 Å². The summed E-state index contributed by atoms with van der Waals surface area (Å²) in [6.45, 7) is 5.24. The molecule has 2 aromatic rings. The largest absolute Gasteiger partial charge is 0.488 e. The maximum Gasteiger partial charge on any atom is 0.488 e. The van der Waals surface area contributed by atoms with Gasteiger partial charge in [0.25, 0.3) is 0 Å². The average molecular weight is 287 g/mol. The lowest BCUT2D eigenvalue weighted by atomic mass is 9.80. The van der Waals surface area contributed by atoms with E-state index in [0.717, 1.165) is 17.8 Å². The molecular formula is C16H19BFNO2. The van der Waals surface area contributed by atoms with Gasteiger partial charge in [-0.25, -0.2) is 4.39 Å². The maximum atomic E-state index is 14.1. The molecular weight excluding hydrogens is 268 g/mol.